The Hall–Kier alpha value is -2.76. The SMILES string of the molecule is COc1nc(OC)nc(-c2cccc3nc(C)ccc23)n1. The molecule has 106 valence electrons. The fraction of sp³-hybridized carbons (Fsp3) is 0.200. The third kappa shape index (κ3) is 2.47. The summed E-state index contributed by atoms with van der Waals surface area (Å²) >= 11 is 0. The minimum absolute atomic E-state index is 0.217. The van der Waals surface area contributed by atoms with Crippen molar-refractivity contribution in [3.63, 3.8) is 0 Å². The normalized spacial score (nSPS) is 10.6. The Bertz CT molecular complexity index is 783. The van der Waals surface area contributed by atoms with Crippen LogP contribution in [0.15, 0.2) is 30.3 Å². The molecule has 0 atom stereocenters. The molecule has 0 unspecified atom stereocenters. The third-order valence-electron chi connectivity index (χ3n) is 3.07. The summed E-state index contributed by atoms with van der Waals surface area (Å²) in [5.41, 5.74) is 2.72. The Morgan fingerprint density at radius 2 is 1.52 bits per heavy atom. The molecule has 0 fully saturated rings. The summed E-state index contributed by atoms with van der Waals surface area (Å²) in [5.74, 6) is 0.495. The predicted molar refractivity (Wildman–Crippen MR) is 78.4 cm³/mol. The average Bonchev–Trinajstić information content (AvgIpc) is 2.53. The molecule has 0 saturated carbocycles. The summed E-state index contributed by atoms with van der Waals surface area (Å²) < 4.78 is 10.2. The zero-order valence-corrected chi connectivity index (χ0v) is 12.0. The van der Waals surface area contributed by atoms with Crippen LogP contribution in [0.3, 0.4) is 0 Å². The Morgan fingerprint density at radius 3 is 2.19 bits per heavy atom. The molecule has 0 bridgehead atoms. The number of rotatable bonds is 3. The number of hydrogen-bond acceptors (Lipinski definition) is 6. The summed E-state index contributed by atoms with van der Waals surface area (Å²) in [6, 6.07) is 10.2. The second-order valence-electron chi connectivity index (χ2n) is 4.46. The van der Waals surface area contributed by atoms with Gasteiger partial charge in [-0.2, -0.15) is 9.97 Å². The molecule has 0 aliphatic rings. The second-order valence-corrected chi connectivity index (χ2v) is 4.46. The smallest absolute Gasteiger partial charge is 0.322 e. The van der Waals surface area contributed by atoms with Gasteiger partial charge in [-0.05, 0) is 19.1 Å². The number of nitrogens with zero attached hydrogens (tertiary/aromatic N) is 4. The lowest BCUT2D eigenvalue weighted by Crippen LogP contribution is -2.01. The maximum Gasteiger partial charge on any atom is 0.322 e. The number of aryl methyl sites for hydroxylation is 1. The molecule has 0 spiro atoms. The Kier molecular flexibility index (Phi) is 3.35. The molecule has 0 amide bonds. The number of methoxy groups -OCH3 is 2. The van der Waals surface area contributed by atoms with Gasteiger partial charge in [0, 0.05) is 16.6 Å². The molecule has 0 radical (unpaired) electrons. The fourth-order valence-electron chi connectivity index (χ4n) is 2.09. The van der Waals surface area contributed by atoms with Crippen molar-refractivity contribution < 1.29 is 9.47 Å². The molecule has 6 nitrogen and oxygen atoms in total. The third-order valence-corrected chi connectivity index (χ3v) is 3.07. The number of pyridine rings is 1. The summed E-state index contributed by atoms with van der Waals surface area (Å²) in [6.45, 7) is 1.96. The van der Waals surface area contributed by atoms with Crippen LogP contribution in [0.1, 0.15) is 5.69 Å². The first-order chi connectivity index (χ1) is 10.2. The second kappa shape index (κ2) is 5.32. The van der Waals surface area contributed by atoms with Crippen LogP contribution >= 0.6 is 0 Å². The zero-order valence-electron chi connectivity index (χ0n) is 12.0. The maximum atomic E-state index is 5.09. The molecule has 2 heterocycles. The van der Waals surface area contributed by atoms with E-state index in [2.05, 4.69) is 19.9 Å². The summed E-state index contributed by atoms with van der Waals surface area (Å²) in [5, 5.41) is 0.971. The van der Waals surface area contributed by atoms with E-state index in [9.17, 15) is 0 Å². The van der Waals surface area contributed by atoms with Crippen LogP contribution in [-0.2, 0) is 0 Å². The van der Waals surface area contributed by atoms with Crippen LogP contribution in [0.25, 0.3) is 22.3 Å². The highest BCUT2D eigenvalue weighted by Crippen LogP contribution is 2.27. The van der Waals surface area contributed by atoms with Crippen molar-refractivity contribution in [3.05, 3.63) is 36.0 Å². The van der Waals surface area contributed by atoms with Crippen LogP contribution in [-0.4, -0.2) is 34.2 Å². The lowest BCUT2D eigenvalue weighted by molar-refractivity contribution is 0.341. The average molecular weight is 282 g/mol. The Balaban J connectivity index is 2.25. The fourth-order valence-corrected chi connectivity index (χ4v) is 2.09. The maximum absolute atomic E-state index is 5.09. The molecule has 3 rings (SSSR count). The van der Waals surface area contributed by atoms with E-state index in [1.807, 2.05) is 37.3 Å². The van der Waals surface area contributed by atoms with Gasteiger partial charge in [-0.3, -0.25) is 4.98 Å². The quantitative estimate of drug-likeness (QED) is 0.734. The standard InChI is InChI=1S/C15H14N4O2/c1-9-7-8-10-11(5-4-6-12(10)16-9)13-17-14(20-2)19-15(18-13)21-3/h4-8H,1-3H3. The Labute approximate surface area is 121 Å². The number of aromatic nitrogens is 4. The molecule has 0 aliphatic heterocycles. The van der Waals surface area contributed by atoms with Crippen molar-refractivity contribution in [2.75, 3.05) is 14.2 Å². The topological polar surface area (TPSA) is 70.0 Å². The van der Waals surface area contributed by atoms with E-state index in [0.29, 0.717) is 5.82 Å². The molecule has 6 heteroatoms. The minimum atomic E-state index is 0.217. The van der Waals surface area contributed by atoms with Gasteiger partial charge in [0.15, 0.2) is 5.82 Å². The van der Waals surface area contributed by atoms with Crippen LogP contribution in [0.2, 0.25) is 0 Å². The van der Waals surface area contributed by atoms with Crippen molar-refractivity contribution in [1.82, 2.24) is 19.9 Å². The van der Waals surface area contributed by atoms with Crippen LogP contribution in [0.4, 0.5) is 0 Å². The van der Waals surface area contributed by atoms with E-state index < -0.39 is 0 Å². The number of hydrogen-bond donors (Lipinski definition) is 0. The van der Waals surface area contributed by atoms with E-state index >= 15 is 0 Å². The van der Waals surface area contributed by atoms with Crippen LogP contribution in [0, 0.1) is 6.92 Å². The van der Waals surface area contributed by atoms with Crippen molar-refractivity contribution in [1.29, 1.82) is 0 Å². The van der Waals surface area contributed by atoms with Gasteiger partial charge < -0.3 is 9.47 Å². The van der Waals surface area contributed by atoms with Crippen LogP contribution in [0.5, 0.6) is 12.0 Å². The zero-order chi connectivity index (χ0) is 14.8. The largest absolute Gasteiger partial charge is 0.467 e. The molecule has 1 aromatic carbocycles. The molecule has 0 N–H and O–H groups in total. The van der Waals surface area contributed by atoms with Gasteiger partial charge in [-0.25, -0.2) is 0 Å². The predicted octanol–water partition coefficient (Wildman–Crippen LogP) is 2.41. The summed E-state index contributed by atoms with van der Waals surface area (Å²) in [7, 11) is 3.01. The molecule has 2 aromatic heterocycles. The van der Waals surface area contributed by atoms with Crippen molar-refractivity contribution in [3.8, 4) is 23.4 Å². The number of benzene rings is 1. The molecule has 21 heavy (non-hydrogen) atoms. The molecular formula is C15H14N4O2. The van der Waals surface area contributed by atoms with Crippen LogP contribution < -0.4 is 9.47 Å². The molecule has 0 aliphatic carbocycles. The Morgan fingerprint density at radius 1 is 0.810 bits per heavy atom. The van der Waals surface area contributed by atoms with E-state index in [-0.39, 0.29) is 12.0 Å². The summed E-state index contributed by atoms with van der Waals surface area (Å²) in [6.07, 6.45) is 0. The first-order valence-corrected chi connectivity index (χ1v) is 6.42. The lowest BCUT2D eigenvalue weighted by atomic mass is 10.1. The molecule has 3 aromatic rings. The van der Waals surface area contributed by atoms with E-state index in [1.165, 1.54) is 14.2 Å². The van der Waals surface area contributed by atoms with E-state index in [1.54, 1.807) is 0 Å². The van der Waals surface area contributed by atoms with Gasteiger partial charge in [0.2, 0.25) is 0 Å². The molecule has 0 saturated heterocycles. The van der Waals surface area contributed by atoms with E-state index in [4.69, 9.17) is 9.47 Å². The van der Waals surface area contributed by atoms with Gasteiger partial charge in [0.1, 0.15) is 0 Å². The van der Waals surface area contributed by atoms with Gasteiger partial charge in [0.25, 0.3) is 0 Å². The van der Waals surface area contributed by atoms with Gasteiger partial charge >= 0.3 is 12.0 Å². The first-order valence-electron chi connectivity index (χ1n) is 6.42. The van der Waals surface area contributed by atoms with Crippen molar-refractivity contribution >= 4 is 10.9 Å². The molecular weight excluding hydrogens is 268 g/mol. The monoisotopic (exact) mass is 282 g/mol. The van der Waals surface area contributed by atoms with Crippen molar-refractivity contribution in [2.24, 2.45) is 0 Å². The van der Waals surface area contributed by atoms with Crippen molar-refractivity contribution in [2.45, 2.75) is 6.92 Å². The van der Waals surface area contributed by atoms with Gasteiger partial charge in [-0.15, -0.1) is 4.98 Å². The van der Waals surface area contributed by atoms with Gasteiger partial charge in [0.05, 0.1) is 19.7 Å². The van der Waals surface area contributed by atoms with Gasteiger partial charge in [-0.1, -0.05) is 18.2 Å². The first kappa shape index (κ1) is 13.2. The lowest BCUT2D eigenvalue weighted by Gasteiger charge is -2.08. The summed E-state index contributed by atoms with van der Waals surface area (Å²) in [4.78, 5) is 17.1. The highest BCUT2D eigenvalue weighted by atomic mass is 16.5. The number of fused-ring (bicyclic) bond motifs is 1. The highest BCUT2D eigenvalue weighted by molar-refractivity contribution is 5.92. The van der Waals surface area contributed by atoms with E-state index in [0.717, 1.165) is 22.2 Å². The highest BCUT2D eigenvalue weighted by Gasteiger charge is 2.12. The number of ether oxygens (including phenoxy) is 2. The minimum Gasteiger partial charge on any atom is -0.467 e.